The van der Waals surface area contributed by atoms with Gasteiger partial charge >= 0.3 is 10.1 Å². The van der Waals surface area contributed by atoms with Crippen molar-refractivity contribution < 1.29 is 39.1 Å². The van der Waals surface area contributed by atoms with E-state index in [4.69, 9.17) is 8.92 Å². The summed E-state index contributed by atoms with van der Waals surface area (Å²) in [5.41, 5.74) is 3.36. The van der Waals surface area contributed by atoms with Gasteiger partial charge in [0.15, 0.2) is 17.3 Å². The highest BCUT2D eigenvalue weighted by Crippen LogP contribution is 2.35. The number of hydrogen-bond acceptors (Lipinski definition) is 6. The van der Waals surface area contributed by atoms with Gasteiger partial charge in [-0.15, -0.1) is 0 Å². The Morgan fingerprint density at radius 3 is 1.91 bits per heavy atom. The fourth-order valence-electron chi connectivity index (χ4n) is 4.74. The zero-order valence-electron chi connectivity index (χ0n) is 23.7. The first kappa shape index (κ1) is 32.1. The second kappa shape index (κ2) is 13.7. The minimum absolute atomic E-state index is 0.0934. The average molecular weight is 631 g/mol. The zero-order chi connectivity index (χ0) is 31.2. The molecule has 0 amide bonds. The van der Waals surface area contributed by atoms with Crippen LogP contribution in [0.3, 0.4) is 0 Å². The second-order valence-corrected chi connectivity index (χ2v) is 13.2. The lowest BCUT2D eigenvalue weighted by Gasteiger charge is -2.16. The predicted molar refractivity (Wildman–Crippen MR) is 158 cm³/mol. The minimum Gasteiger partial charge on any atom is -0.482 e. The van der Waals surface area contributed by atoms with Gasteiger partial charge in [-0.25, -0.2) is 8.78 Å². The van der Waals surface area contributed by atoms with Gasteiger partial charge in [0.2, 0.25) is 0 Å². The second-order valence-electron chi connectivity index (χ2n) is 10.3. The first-order valence-electron chi connectivity index (χ1n) is 13.6. The highest BCUT2D eigenvalue weighted by Gasteiger charge is 2.25. The Kier molecular flexibility index (Phi) is 10.2. The molecule has 0 aliphatic carbocycles. The third-order valence-electron chi connectivity index (χ3n) is 6.77. The molecule has 0 saturated carbocycles. The normalized spacial score (nSPS) is 11.8. The maximum absolute atomic E-state index is 14.7. The Labute approximate surface area is 251 Å². The van der Waals surface area contributed by atoms with Crippen molar-refractivity contribution in [2.75, 3.05) is 0 Å². The summed E-state index contributed by atoms with van der Waals surface area (Å²) < 4.78 is 99.5. The van der Waals surface area contributed by atoms with Crippen LogP contribution >= 0.6 is 0 Å². The van der Waals surface area contributed by atoms with Crippen LogP contribution in [-0.2, 0) is 39.7 Å². The summed E-state index contributed by atoms with van der Waals surface area (Å²) in [5, 5.41) is 0. The largest absolute Gasteiger partial charge is 0.482 e. The van der Waals surface area contributed by atoms with Crippen molar-refractivity contribution in [3.05, 3.63) is 118 Å². The van der Waals surface area contributed by atoms with Crippen LogP contribution in [-0.4, -0.2) is 21.4 Å². The molecule has 1 N–H and O–H groups in total. The van der Waals surface area contributed by atoms with E-state index in [1.807, 2.05) is 13.8 Å². The average Bonchev–Trinajstić information content (AvgIpc) is 2.92. The minimum atomic E-state index is -4.52. The van der Waals surface area contributed by atoms with Crippen molar-refractivity contribution in [2.24, 2.45) is 0 Å². The van der Waals surface area contributed by atoms with E-state index in [9.17, 15) is 30.2 Å². The molecule has 0 aliphatic heterocycles. The lowest BCUT2D eigenvalue weighted by molar-refractivity contribution is 0.279. The molecule has 0 radical (unpaired) electrons. The molecule has 0 heterocycles. The summed E-state index contributed by atoms with van der Waals surface area (Å²) in [6, 6.07) is 19.6. The van der Waals surface area contributed by atoms with Crippen molar-refractivity contribution in [3.8, 4) is 11.5 Å². The van der Waals surface area contributed by atoms with Crippen molar-refractivity contribution in [3.63, 3.8) is 0 Å². The van der Waals surface area contributed by atoms with Crippen molar-refractivity contribution in [1.29, 1.82) is 0 Å². The maximum Gasteiger partial charge on any atom is 0.339 e. The third kappa shape index (κ3) is 8.62. The molecule has 0 aromatic heterocycles. The van der Waals surface area contributed by atoms with Crippen LogP contribution in [0.25, 0.3) is 0 Å². The zero-order valence-corrected chi connectivity index (χ0v) is 25.4. The van der Waals surface area contributed by atoms with E-state index in [1.165, 1.54) is 12.1 Å². The number of hydrogen-bond donors (Lipinski definition) is 1. The van der Waals surface area contributed by atoms with Gasteiger partial charge < -0.3 is 8.92 Å². The third-order valence-corrected chi connectivity index (χ3v) is 9.06. The molecule has 11 heteroatoms. The van der Waals surface area contributed by atoms with Crippen LogP contribution in [0.1, 0.15) is 47.1 Å². The van der Waals surface area contributed by atoms with Gasteiger partial charge in [-0.1, -0.05) is 72.1 Å². The number of aryl methyl sites for hydroxylation is 4. The summed E-state index contributed by atoms with van der Waals surface area (Å²) in [4.78, 5) is -0.257. The highest BCUT2D eigenvalue weighted by atomic mass is 32.2. The maximum atomic E-state index is 14.7. The molecule has 0 bridgehead atoms. The van der Waals surface area contributed by atoms with E-state index < -0.39 is 43.4 Å². The molecule has 0 atom stereocenters. The molecule has 4 rings (SSSR count). The molecule has 4 aromatic carbocycles. The van der Waals surface area contributed by atoms with Crippen molar-refractivity contribution in [2.45, 2.75) is 62.3 Å². The fraction of sp³-hybridized carbons (Fsp3) is 0.250. The smallest absolute Gasteiger partial charge is 0.339 e. The Morgan fingerprint density at radius 2 is 1.30 bits per heavy atom. The van der Waals surface area contributed by atoms with Crippen molar-refractivity contribution >= 4 is 20.2 Å². The molecule has 0 fully saturated rings. The first-order chi connectivity index (χ1) is 20.3. The Morgan fingerprint density at radius 1 is 0.721 bits per heavy atom. The molecule has 43 heavy (non-hydrogen) atoms. The van der Waals surface area contributed by atoms with E-state index in [1.54, 1.807) is 54.6 Å². The van der Waals surface area contributed by atoms with Gasteiger partial charge in [-0.3, -0.25) is 4.55 Å². The standard InChI is InChI=1S/C32H32F2O7S2/c1-22-13-15-30(42(35,36)37)25(17-22)11-7-4-8-12-26-18-23(2)14-16-31(26)43(38,39)41-29-20-27(33)19-28(34)32(29)40-21-24-9-5-3-6-10-24/h3,5-6,9-10,13-20H,4,7-8,11-12,21H2,1-2H3,(H,35,36,37). The number of benzene rings is 4. The molecule has 4 aromatic rings. The van der Waals surface area contributed by atoms with Crippen LogP contribution in [0.2, 0.25) is 0 Å². The summed E-state index contributed by atoms with van der Waals surface area (Å²) >= 11 is 0. The van der Waals surface area contributed by atoms with Crippen LogP contribution in [0.5, 0.6) is 11.5 Å². The molecule has 7 nitrogen and oxygen atoms in total. The van der Waals surface area contributed by atoms with Gasteiger partial charge in [0.05, 0.1) is 4.90 Å². The molecule has 0 unspecified atom stereocenters. The Hall–Kier alpha value is -3.80. The van der Waals surface area contributed by atoms with Gasteiger partial charge in [0.1, 0.15) is 17.3 Å². The highest BCUT2D eigenvalue weighted by molar-refractivity contribution is 7.87. The summed E-state index contributed by atoms with van der Waals surface area (Å²) in [7, 11) is -8.87. The summed E-state index contributed by atoms with van der Waals surface area (Å²) in [5.74, 6) is -3.25. The molecule has 228 valence electrons. The van der Waals surface area contributed by atoms with Crippen molar-refractivity contribution in [1.82, 2.24) is 0 Å². The number of ether oxygens (including phenoxy) is 1. The van der Waals surface area contributed by atoms with E-state index in [-0.39, 0.29) is 16.4 Å². The molecule has 0 spiro atoms. The number of rotatable bonds is 13. The van der Waals surface area contributed by atoms with Gasteiger partial charge in [-0.05, 0) is 68.4 Å². The van der Waals surface area contributed by atoms with E-state index in [0.29, 0.717) is 54.9 Å². The van der Waals surface area contributed by atoms with Gasteiger partial charge in [-0.2, -0.15) is 16.8 Å². The molecule has 0 saturated heterocycles. The topological polar surface area (TPSA) is 107 Å². The van der Waals surface area contributed by atoms with Crippen LogP contribution < -0.4 is 8.92 Å². The van der Waals surface area contributed by atoms with E-state index in [0.717, 1.165) is 17.2 Å². The van der Waals surface area contributed by atoms with Crippen LogP contribution in [0.4, 0.5) is 8.78 Å². The molecular formula is C32H32F2O7S2. The van der Waals surface area contributed by atoms with E-state index in [2.05, 4.69) is 0 Å². The monoisotopic (exact) mass is 630 g/mol. The summed E-state index contributed by atoms with van der Waals surface area (Å²) in [6.45, 7) is 3.55. The van der Waals surface area contributed by atoms with Gasteiger partial charge in [0, 0.05) is 12.1 Å². The Balaban J connectivity index is 1.48. The quantitative estimate of drug-likeness (QED) is 0.0952. The lowest BCUT2D eigenvalue weighted by Crippen LogP contribution is -2.14. The SMILES string of the molecule is Cc1ccc(S(=O)(=O)O)c(CCCCCc2cc(C)ccc2S(=O)(=O)Oc2cc(F)cc(F)c2OCc2ccccc2)c1. The van der Waals surface area contributed by atoms with Crippen LogP contribution in [0, 0.1) is 25.5 Å². The molecule has 0 aliphatic rings. The van der Waals surface area contributed by atoms with Gasteiger partial charge in [0.25, 0.3) is 10.1 Å². The molecular weight excluding hydrogens is 598 g/mol. The number of unbranched alkanes of at least 4 members (excludes halogenated alkanes) is 2. The first-order valence-corrected chi connectivity index (χ1v) is 16.4. The van der Waals surface area contributed by atoms with Crippen LogP contribution in [0.15, 0.2) is 88.7 Å². The summed E-state index contributed by atoms with van der Waals surface area (Å²) in [6.07, 6.45) is 2.57. The number of halogens is 2. The Bertz CT molecular complexity index is 1810. The van der Waals surface area contributed by atoms with E-state index >= 15 is 0 Å². The fourth-order valence-corrected chi connectivity index (χ4v) is 6.64. The predicted octanol–water partition coefficient (Wildman–Crippen LogP) is 7.13. The lowest BCUT2D eigenvalue weighted by atomic mass is 10.0.